The zero-order chi connectivity index (χ0) is 16.2. The molecule has 3 nitrogen and oxygen atoms in total. The van der Waals surface area contributed by atoms with Gasteiger partial charge in [0.25, 0.3) is 0 Å². The van der Waals surface area contributed by atoms with Crippen LogP contribution in [0.1, 0.15) is 5.56 Å². The fourth-order valence-electron chi connectivity index (χ4n) is 1.95. The second-order valence-corrected chi connectivity index (χ2v) is 5.50. The molecule has 0 fully saturated rings. The van der Waals surface area contributed by atoms with Crippen LogP contribution in [0.3, 0.4) is 0 Å². The molecule has 0 atom stereocenters. The Morgan fingerprint density at radius 1 is 1.17 bits per heavy atom. The summed E-state index contributed by atoms with van der Waals surface area (Å²) in [5.74, 6) is 0.854. The molecule has 0 unspecified atom stereocenters. The van der Waals surface area contributed by atoms with E-state index in [2.05, 4.69) is 20.6 Å². The summed E-state index contributed by atoms with van der Waals surface area (Å²) in [6.45, 7) is 0. The van der Waals surface area contributed by atoms with Crippen molar-refractivity contribution in [2.75, 3.05) is 4.72 Å². The molecule has 0 spiro atoms. The van der Waals surface area contributed by atoms with Gasteiger partial charge in [-0.2, -0.15) is 0 Å². The normalized spacial score (nSPS) is 10.3. The highest BCUT2D eigenvalue weighted by molar-refractivity contribution is 8.00. The number of pyridine rings is 1. The van der Waals surface area contributed by atoms with Crippen LogP contribution in [0.5, 0.6) is 0 Å². The molecule has 0 aliphatic heterocycles. The summed E-state index contributed by atoms with van der Waals surface area (Å²) in [6.07, 6.45) is 8.56. The van der Waals surface area contributed by atoms with E-state index in [1.165, 1.54) is 0 Å². The molecule has 0 saturated carbocycles. The van der Waals surface area contributed by atoms with Crippen LogP contribution in [0, 0.1) is 24.0 Å². The average molecular weight is 327 g/mol. The summed E-state index contributed by atoms with van der Waals surface area (Å²) in [7, 11) is 0. The highest BCUT2D eigenvalue weighted by atomic mass is 32.2. The molecule has 0 radical (unpaired) electrons. The Balaban J connectivity index is 1.74. The third kappa shape index (κ3) is 3.35. The molecule has 1 aromatic carbocycles. The molecule has 114 valence electrons. The van der Waals surface area contributed by atoms with E-state index < -0.39 is 11.6 Å². The fourth-order valence-corrected chi connectivity index (χ4v) is 2.63. The second kappa shape index (κ2) is 6.55. The predicted molar refractivity (Wildman–Crippen MR) is 87.8 cm³/mol. The van der Waals surface area contributed by atoms with Crippen LogP contribution >= 0.6 is 11.9 Å². The Labute approximate surface area is 136 Å². The number of halogens is 2. The third-order valence-electron chi connectivity index (χ3n) is 3.09. The number of hydrogen-bond acceptors (Lipinski definition) is 3. The van der Waals surface area contributed by atoms with Crippen LogP contribution in [0.25, 0.3) is 11.4 Å². The van der Waals surface area contributed by atoms with Crippen molar-refractivity contribution < 1.29 is 8.78 Å². The highest BCUT2D eigenvalue weighted by Crippen LogP contribution is 2.27. The van der Waals surface area contributed by atoms with Crippen molar-refractivity contribution in [3.05, 3.63) is 66.0 Å². The van der Waals surface area contributed by atoms with Gasteiger partial charge in [-0.25, -0.2) is 8.78 Å². The van der Waals surface area contributed by atoms with Crippen LogP contribution in [0.4, 0.5) is 14.5 Å². The van der Waals surface area contributed by atoms with Gasteiger partial charge in [-0.15, -0.1) is 6.42 Å². The molecule has 3 rings (SSSR count). The molecule has 2 aromatic heterocycles. The molecule has 0 aliphatic rings. The van der Waals surface area contributed by atoms with E-state index in [1.54, 1.807) is 12.4 Å². The number of terminal acetylenes is 1. The van der Waals surface area contributed by atoms with Gasteiger partial charge in [0, 0.05) is 23.4 Å². The van der Waals surface area contributed by atoms with E-state index >= 15 is 0 Å². The van der Waals surface area contributed by atoms with Crippen molar-refractivity contribution in [1.29, 1.82) is 0 Å². The average Bonchev–Trinajstić information content (AvgIpc) is 3.05. The number of nitrogens with zero attached hydrogens (tertiary/aromatic N) is 1. The van der Waals surface area contributed by atoms with Crippen LogP contribution in [0.15, 0.2) is 53.7 Å². The van der Waals surface area contributed by atoms with Crippen LogP contribution in [-0.4, -0.2) is 9.97 Å². The first-order valence-corrected chi connectivity index (χ1v) is 7.47. The van der Waals surface area contributed by atoms with E-state index in [9.17, 15) is 8.78 Å². The summed E-state index contributed by atoms with van der Waals surface area (Å²) in [5.41, 5.74) is 1.57. The number of nitrogens with one attached hydrogen (secondary N) is 2. The second-order valence-electron chi connectivity index (χ2n) is 4.62. The zero-order valence-electron chi connectivity index (χ0n) is 11.8. The minimum absolute atomic E-state index is 0.0343. The molecule has 0 amide bonds. The van der Waals surface area contributed by atoms with Gasteiger partial charge in [0.15, 0.2) is 0 Å². The monoisotopic (exact) mass is 327 g/mol. The predicted octanol–water partition coefficient (Wildman–Crippen LogP) is 4.46. The fraction of sp³-hybridized carbons (Fsp3) is 0. The lowest BCUT2D eigenvalue weighted by Crippen LogP contribution is -1.94. The lowest BCUT2D eigenvalue weighted by atomic mass is 10.2. The first kappa shape index (κ1) is 15.1. The largest absolute Gasteiger partial charge is 0.359 e. The van der Waals surface area contributed by atoms with E-state index in [1.807, 2.05) is 24.3 Å². The summed E-state index contributed by atoms with van der Waals surface area (Å²) < 4.78 is 30.2. The van der Waals surface area contributed by atoms with Gasteiger partial charge >= 0.3 is 0 Å². The molecule has 2 heterocycles. The zero-order valence-corrected chi connectivity index (χ0v) is 12.6. The van der Waals surface area contributed by atoms with Crippen molar-refractivity contribution in [2.45, 2.75) is 4.90 Å². The van der Waals surface area contributed by atoms with E-state index in [-0.39, 0.29) is 11.3 Å². The smallest absolute Gasteiger partial charge is 0.148 e. The molecule has 0 aliphatic carbocycles. The van der Waals surface area contributed by atoms with Gasteiger partial charge in [0.05, 0.1) is 22.6 Å². The van der Waals surface area contributed by atoms with Crippen molar-refractivity contribution in [1.82, 2.24) is 9.97 Å². The molecular weight excluding hydrogens is 316 g/mol. The number of anilines is 1. The van der Waals surface area contributed by atoms with E-state index in [0.717, 1.165) is 40.4 Å². The highest BCUT2D eigenvalue weighted by Gasteiger charge is 2.10. The number of benzene rings is 1. The maximum Gasteiger partial charge on any atom is 0.148 e. The van der Waals surface area contributed by atoms with Crippen molar-refractivity contribution in [3.63, 3.8) is 0 Å². The summed E-state index contributed by atoms with van der Waals surface area (Å²) in [6, 6.07) is 9.50. The first-order valence-electron chi connectivity index (χ1n) is 6.65. The standard InChI is InChI=1S/C17H11F2N3S/c1-2-11-7-14(19)16(9-13(11)18)22-23-12-8-17(21-10-12)15-5-3-4-6-20-15/h1,3-10,21-22H. The van der Waals surface area contributed by atoms with Gasteiger partial charge in [-0.3, -0.25) is 4.98 Å². The number of aromatic amines is 1. The lowest BCUT2D eigenvalue weighted by Gasteiger charge is -2.06. The maximum atomic E-state index is 13.8. The van der Waals surface area contributed by atoms with Crippen LogP contribution in [-0.2, 0) is 0 Å². The van der Waals surface area contributed by atoms with E-state index in [0.29, 0.717) is 0 Å². The van der Waals surface area contributed by atoms with Crippen LogP contribution < -0.4 is 4.72 Å². The van der Waals surface area contributed by atoms with Crippen LogP contribution in [0.2, 0.25) is 0 Å². The molecule has 6 heteroatoms. The van der Waals surface area contributed by atoms with Crippen molar-refractivity contribution in [2.24, 2.45) is 0 Å². The van der Waals surface area contributed by atoms with Gasteiger partial charge in [-0.1, -0.05) is 12.0 Å². The van der Waals surface area contributed by atoms with Gasteiger partial charge in [0.1, 0.15) is 11.6 Å². The molecule has 23 heavy (non-hydrogen) atoms. The molecule has 2 N–H and O–H groups in total. The Morgan fingerprint density at radius 3 is 2.78 bits per heavy atom. The molecule has 3 aromatic rings. The SMILES string of the molecule is C#Cc1cc(F)c(NSc2c[nH]c(-c3ccccn3)c2)cc1F. The first-order chi connectivity index (χ1) is 11.2. The molecule has 0 bridgehead atoms. The molecule has 0 saturated heterocycles. The van der Waals surface area contributed by atoms with Crippen molar-refractivity contribution in [3.8, 4) is 23.7 Å². The minimum atomic E-state index is -0.639. The Hall–Kier alpha value is -2.78. The Kier molecular flexibility index (Phi) is 4.31. The Morgan fingerprint density at radius 2 is 2.04 bits per heavy atom. The van der Waals surface area contributed by atoms with Gasteiger partial charge in [-0.05, 0) is 36.2 Å². The summed E-state index contributed by atoms with van der Waals surface area (Å²) in [5, 5.41) is 0. The number of hydrogen-bond donors (Lipinski definition) is 2. The topological polar surface area (TPSA) is 40.7 Å². The van der Waals surface area contributed by atoms with Crippen molar-refractivity contribution >= 4 is 17.6 Å². The summed E-state index contributed by atoms with van der Waals surface area (Å²) in [4.78, 5) is 8.13. The maximum absolute atomic E-state index is 13.8. The number of aromatic nitrogens is 2. The number of rotatable bonds is 4. The van der Waals surface area contributed by atoms with Gasteiger partial charge in [0.2, 0.25) is 0 Å². The third-order valence-corrected chi connectivity index (χ3v) is 3.88. The lowest BCUT2D eigenvalue weighted by molar-refractivity contribution is 0.601. The number of H-pyrrole nitrogens is 1. The quantitative estimate of drug-likeness (QED) is 0.549. The Bertz CT molecular complexity index is 869. The summed E-state index contributed by atoms with van der Waals surface area (Å²) >= 11 is 1.16. The van der Waals surface area contributed by atoms with Gasteiger partial charge < -0.3 is 9.71 Å². The van der Waals surface area contributed by atoms with E-state index in [4.69, 9.17) is 6.42 Å². The molecular formula is C17H11F2N3S. The minimum Gasteiger partial charge on any atom is -0.359 e.